The second-order valence-corrected chi connectivity index (χ2v) is 20.4. The van der Waals surface area contributed by atoms with Gasteiger partial charge in [-0.15, -0.1) is 0 Å². The maximum absolute atomic E-state index is 14.0. The molecular weight excluding hydrogens is 905 g/mol. The summed E-state index contributed by atoms with van der Waals surface area (Å²) in [5.41, 5.74) is 13.5. The van der Waals surface area contributed by atoms with Gasteiger partial charge in [-0.25, -0.2) is 15.0 Å². The van der Waals surface area contributed by atoms with Crippen LogP contribution in [0.5, 0.6) is 0 Å². The molecule has 9 heterocycles. The van der Waals surface area contributed by atoms with Crippen LogP contribution >= 0.6 is 0 Å². The van der Waals surface area contributed by atoms with E-state index in [1.54, 1.807) is 35.4 Å². The molecule has 366 valence electrons. The molecule has 0 radical (unpaired) electrons. The van der Waals surface area contributed by atoms with Crippen LogP contribution in [0.3, 0.4) is 0 Å². The first-order valence-electron chi connectivity index (χ1n) is 24.4. The topological polar surface area (TPSA) is 233 Å². The summed E-state index contributed by atoms with van der Waals surface area (Å²) in [7, 11) is 0. The van der Waals surface area contributed by atoms with E-state index in [-0.39, 0.29) is 53.6 Å². The Hall–Kier alpha value is -7.51. The maximum Gasteiger partial charge on any atom is 0.276 e. The van der Waals surface area contributed by atoms with Gasteiger partial charge in [-0.2, -0.15) is 0 Å². The number of anilines is 5. The van der Waals surface area contributed by atoms with Gasteiger partial charge in [0.15, 0.2) is 5.69 Å². The lowest BCUT2D eigenvalue weighted by Crippen LogP contribution is -2.57. The highest BCUT2D eigenvalue weighted by molar-refractivity contribution is 6.23. The molecule has 4 aromatic heterocycles. The van der Waals surface area contributed by atoms with Crippen LogP contribution in [0.1, 0.15) is 105 Å². The number of carbonyl (C=O) groups excluding carboxylic acids is 6. The normalized spacial score (nSPS) is 21.4. The van der Waals surface area contributed by atoms with Crippen molar-refractivity contribution in [1.82, 2.24) is 34.6 Å². The number of hydrogen-bond acceptors (Lipinski definition) is 14. The van der Waals surface area contributed by atoms with E-state index in [0.717, 1.165) is 74.7 Å². The lowest BCUT2D eigenvalue weighted by molar-refractivity contribution is -0.136. The SMILES string of the molecule is C[C@H]1CN(C2CCN(c3ccc4c(c3)C(=O)N(C3CCC(=O)NC3=O)C4=O)CC2)CCN1c1ccc(Nc2cc(-c3ccnc(N4CCn5c(cc6c5CC(C)(C)C6)C4=O)c3CO)cnc2C(N)=O)nc1. The number of primary amides is 1. The number of piperazine rings is 1. The van der Waals surface area contributed by atoms with Gasteiger partial charge in [0, 0.05) is 99.2 Å². The number of piperidine rings is 2. The molecule has 11 rings (SSSR count). The molecule has 3 saturated heterocycles. The summed E-state index contributed by atoms with van der Waals surface area (Å²) >= 11 is 0. The van der Waals surface area contributed by atoms with E-state index in [1.165, 1.54) is 17.5 Å². The monoisotopic (exact) mass is 960 g/mol. The fraction of sp³-hybridized carbons (Fsp3) is 0.404. The summed E-state index contributed by atoms with van der Waals surface area (Å²) in [5.74, 6) is -2.06. The average Bonchev–Trinajstić information content (AvgIpc) is 3.95. The number of aliphatic hydroxyl groups is 1. The van der Waals surface area contributed by atoms with Gasteiger partial charge in [0.1, 0.15) is 23.4 Å². The fourth-order valence-electron chi connectivity index (χ4n) is 11.8. The van der Waals surface area contributed by atoms with Crippen molar-refractivity contribution in [2.45, 2.75) is 90.6 Å². The number of fused-ring (bicyclic) bond motifs is 4. The summed E-state index contributed by atoms with van der Waals surface area (Å²) < 4.78 is 2.14. The molecule has 19 heteroatoms. The van der Waals surface area contributed by atoms with E-state index in [1.807, 2.05) is 30.5 Å². The molecular formula is C52H56N12O7. The smallest absolute Gasteiger partial charge is 0.276 e. The summed E-state index contributed by atoms with van der Waals surface area (Å²) in [6.45, 7) is 11.5. The van der Waals surface area contributed by atoms with Crippen LogP contribution in [0.2, 0.25) is 0 Å². The van der Waals surface area contributed by atoms with Crippen molar-refractivity contribution in [3.63, 3.8) is 0 Å². The van der Waals surface area contributed by atoms with E-state index in [4.69, 9.17) is 10.7 Å². The molecule has 2 atom stereocenters. The molecule has 5 aromatic rings. The van der Waals surface area contributed by atoms with Crippen molar-refractivity contribution >= 4 is 64.1 Å². The van der Waals surface area contributed by atoms with Crippen LogP contribution < -0.4 is 31.1 Å². The Morgan fingerprint density at radius 3 is 2.35 bits per heavy atom. The third-order valence-corrected chi connectivity index (χ3v) is 15.3. The second-order valence-electron chi connectivity index (χ2n) is 20.4. The Labute approximate surface area is 410 Å². The second kappa shape index (κ2) is 17.7. The molecule has 6 aliphatic rings. The fourth-order valence-corrected chi connectivity index (χ4v) is 11.8. The van der Waals surface area contributed by atoms with Crippen molar-refractivity contribution in [2.75, 3.05) is 59.3 Å². The summed E-state index contributed by atoms with van der Waals surface area (Å²) in [4.78, 5) is 101. The Morgan fingerprint density at radius 1 is 0.831 bits per heavy atom. The number of nitrogens with zero attached hydrogens (tertiary/aromatic N) is 9. The number of imide groups is 2. The van der Waals surface area contributed by atoms with Crippen molar-refractivity contribution in [2.24, 2.45) is 11.1 Å². The van der Waals surface area contributed by atoms with E-state index >= 15 is 0 Å². The zero-order chi connectivity index (χ0) is 49.5. The van der Waals surface area contributed by atoms with Gasteiger partial charge in [0.2, 0.25) is 11.8 Å². The number of aliphatic hydroxyl groups excluding tert-OH is 1. The lowest BCUT2D eigenvalue weighted by atomic mass is 9.90. The Balaban J connectivity index is 0.725. The van der Waals surface area contributed by atoms with Crippen LogP contribution in [0.25, 0.3) is 11.1 Å². The maximum atomic E-state index is 14.0. The van der Waals surface area contributed by atoms with Crippen molar-refractivity contribution in [3.05, 3.63) is 106 Å². The number of aromatic nitrogens is 4. The molecule has 1 aliphatic carbocycles. The predicted molar refractivity (Wildman–Crippen MR) is 263 cm³/mol. The molecule has 0 spiro atoms. The highest BCUT2D eigenvalue weighted by Crippen LogP contribution is 2.41. The predicted octanol–water partition coefficient (Wildman–Crippen LogP) is 4.04. The number of pyridine rings is 3. The number of nitrogens with two attached hydrogens (primary N) is 1. The van der Waals surface area contributed by atoms with Gasteiger partial charge in [-0.1, -0.05) is 13.8 Å². The third-order valence-electron chi connectivity index (χ3n) is 15.3. The molecule has 3 fully saturated rings. The van der Waals surface area contributed by atoms with Crippen molar-refractivity contribution in [3.8, 4) is 11.1 Å². The zero-order valence-corrected chi connectivity index (χ0v) is 40.0. The van der Waals surface area contributed by atoms with Gasteiger partial charge in [0.05, 0.1) is 35.3 Å². The number of carbonyl (C=O) groups is 6. The number of amides is 6. The van der Waals surface area contributed by atoms with Crippen molar-refractivity contribution in [1.29, 1.82) is 0 Å². The highest BCUT2D eigenvalue weighted by atomic mass is 16.3. The highest BCUT2D eigenvalue weighted by Gasteiger charge is 2.45. The lowest BCUT2D eigenvalue weighted by Gasteiger charge is -2.46. The van der Waals surface area contributed by atoms with E-state index in [0.29, 0.717) is 58.8 Å². The first kappa shape index (κ1) is 45.9. The largest absolute Gasteiger partial charge is 0.392 e. The molecule has 5 N–H and O–H groups in total. The first-order valence-corrected chi connectivity index (χ1v) is 24.4. The number of hydrogen-bond donors (Lipinski definition) is 4. The molecule has 6 amide bonds. The van der Waals surface area contributed by atoms with Crippen molar-refractivity contribution < 1.29 is 33.9 Å². The van der Waals surface area contributed by atoms with E-state index in [2.05, 4.69) is 60.6 Å². The van der Waals surface area contributed by atoms with Gasteiger partial charge >= 0.3 is 0 Å². The van der Waals surface area contributed by atoms with Gasteiger partial charge < -0.3 is 30.5 Å². The van der Waals surface area contributed by atoms with Gasteiger partial charge in [-0.3, -0.25) is 48.8 Å². The molecule has 1 unspecified atom stereocenters. The Bertz CT molecular complexity index is 3050. The molecule has 1 aromatic carbocycles. The molecule has 0 saturated carbocycles. The van der Waals surface area contributed by atoms with Crippen LogP contribution in [-0.2, 0) is 35.6 Å². The molecule has 0 bridgehead atoms. The summed E-state index contributed by atoms with van der Waals surface area (Å²) in [6, 6.07) is 14.3. The van der Waals surface area contributed by atoms with E-state index < -0.39 is 35.6 Å². The quantitative estimate of drug-likeness (QED) is 0.145. The number of benzene rings is 1. The zero-order valence-electron chi connectivity index (χ0n) is 40.0. The van der Waals surface area contributed by atoms with E-state index in [9.17, 15) is 33.9 Å². The Morgan fingerprint density at radius 2 is 1.62 bits per heavy atom. The minimum atomic E-state index is -0.998. The Kier molecular flexibility index (Phi) is 11.5. The molecule has 71 heavy (non-hydrogen) atoms. The summed E-state index contributed by atoms with van der Waals surface area (Å²) in [5, 5.41) is 16.3. The van der Waals surface area contributed by atoms with Crippen LogP contribution in [0, 0.1) is 5.41 Å². The minimum Gasteiger partial charge on any atom is -0.392 e. The molecule has 19 nitrogen and oxygen atoms in total. The molecule has 5 aliphatic heterocycles. The van der Waals surface area contributed by atoms with Gasteiger partial charge in [0.25, 0.3) is 23.6 Å². The standard InChI is InChI=1S/C52H56N12O7/c1-29-27-60(32-11-14-59(15-12-32)33-4-6-36-37(22-33)50(70)64(49(36)69)40-7-9-44(66)58-48(40)68)16-17-61(29)34-5-8-43(55-26-34)57-39-20-31(25-56-45(39)46(53)67)35-10-13-54-47(38(35)28-65)63-19-18-62-41(51(63)71)21-30-23-52(2,3)24-42(30)62/h4-6,8,10,13,20-22,25-26,29,32,40,65H,7,9,11-12,14-19,23-24,27-28H2,1-3H3,(H2,53,67)(H,55,57)(H,58,66,68)/t29-,40?/m0/s1. The summed E-state index contributed by atoms with van der Waals surface area (Å²) in [6.07, 6.45) is 8.86. The van der Waals surface area contributed by atoms with Gasteiger partial charge in [-0.05, 0) is 104 Å². The first-order chi connectivity index (χ1) is 34.2. The average molecular weight is 961 g/mol. The third kappa shape index (κ3) is 8.15. The van der Waals surface area contributed by atoms with Crippen LogP contribution in [0.4, 0.5) is 28.7 Å². The van der Waals surface area contributed by atoms with Crippen LogP contribution in [0.15, 0.2) is 67.1 Å². The number of nitrogens with one attached hydrogen (secondary N) is 2. The number of rotatable bonds is 10. The van der Waals surface area contributed by atoms with Crippen LogP contribution in [-0.4, -0.2) is 127 Å². The minimum absolute atomic E-state index is 0.0236.